The molecule has 7 nitrogen and oxygen atoms in total. The molecule has 0 spiro atoms. The van der Waals surface area contributed by atoms with Crippen molar-refractivity contribution >= 4 is 23.2 Å². The summed E-state index contributed by atoms with van der Waals surface area (Å²) < 4.78 is 5.09. The second kappa shape index (κ2) is 9.14. The molecular weight excluding hydrogens is 356 g/mol. The Kier molecular flexibility index (Phi) is 6.39. The van der Waals surface area contributed by atoms with Gasteiger partial charge < -0.3 is 10.1 Å². The number of carbonyl (C=O) groups excluding carboxylic acids is 2. The maximum atomic E-state index is 12.5. The second-order valence-corrected chi connectivity index (χ2v) is 6.63. The zero-order chi connectivity index (χ0) is 19.9. The topological polar surface area (TPSA) is 74.2 Å². The average Bonchev–Trinajstić information content (AvgIpc) is 3.19. The zero-order valence-electron chi connectivity index (χ0n) is 16.1. The number of likely N-dealkylation sites (N-methyl/N-ethyl adjacent to an activating group) is 1. The van der Waals surface area contributed by atoms with E-state index in [9.17, 15) is 9.59 Å². The number of benzene rings is 2. The number of hydrogen-bond acceptors (Lipinski definition) is 5. The number of anilines is 1. The van der Waals surface area contributed by atoms with Gasteiger partial charge in [0.05, 0.1) is 32.5 Å². The molecule has 0 saturated heterocycles. The first-order chi connectivity index (χ1) is 13.5. The van der Waals surface area contributed by atoms with Crippen LogP contribution in [0.5, 0.6) is 5.75 Å². The van der Waals surface area contributed by atoms with E-state index < -0.39 is 0 Å². The SMILES string of the molecule is COc1ccc(NC(=O)CN(C)CC(=O)N2CCC(c3ccccc3)=N2)cc1. The van der Waals surface area contributed by atoms with Crippen LogP contribution in [0.2, 0.25) is 0 Å². The number of hydrazone groups is 1. The van der Waals surface area contributed by atoms with Gasteiger partial charge in [-0.1, -0.05) is 30.3 Å². The summed E-state index contributed by atoms with van der Waals surface area (Å²) in [6.45, 7) is 0.803. The summed E-state index contributed by atoms with van der Waals surface area (Å²) in [5.41, 5.74) is 2.63. The molecule has 1 heterocycles. The number of methoxy groups -OCH3 is 1. The largest absolute Gasteiger partial charge is 0.497 e. The van der Waals surface area contributed by atoms with Gasteiger partial charge in [0.1, 0.15) is 5.75 Å². The fourth-order valence-corrected chi connectivity index (χ4v) is 2.96. The van der Waals surface area contributed by atoms with Gasteiger partial charge in [0.15, 0.2) is 0 Å². The molecule has 0 unspecified atom stereocenters. The van der Waals surface area contributed by atoms with E-state index in [1.165, 1.54) is 5.01 Å². The smallest absolute Gasteiger partial charge is 0.256 e. The fourth-order valence-electron chi connectivity index (χ4n) is 2.96. The molecule has 0 fully saturated rings. The lowest BCUT2D eigenvalue weighted by molar-refractivity contribution is -0.132. The fraction of sp³-hybridized carbons (Fsp3) is 0.286. The molecule has 0 saturated carbocycles. The van der Waals surface area contributed by atoms with Crippen molar-refractivity contribution in [1.82, 2.24) is 9.91 Å². The van der Waals surface area contributed by atoms with E-state index in [0.29, 0.717) is 12.2 Å². The molecular formula is C21H24N4O3. The molecule has 1 aliphatic rings. The lowest BCUT2D eigenvalue weighted by Crippen LogP contribution is -2.38. The quantitative estimate of drug-likeness (QED) is 0.799. The van der Waals surface area contributed by atoms with Gasteiger partial charge in [-0.2, -0.15) is 5.10 Å². The Morgan fingerprint density at radius 2 is 1.82 bits per heavy atom. The van der Waals surface area contributed by atoms with Crippen molar-refractivity contribution in [2.75, 3.05) is 39.1 Å². The van der Waals surface area contributed by atoms with Crippen molar-refractivity contribution in [1.29, 1.82) is 0 Å². The molecule has 2 aromatic rings. The Hall–Kier alpha value is -3.19. The standard InChI is InChI=1S/C21H24N4O3/c1-24(14-20(26)22-17-8-10-18(28-2)11-9-17)15-21(27)25-13-12-19(23-25)16-6-4-3-5-7-16/h3-11H,12-15H2,1-2H3,(H,22,26). The van der Waals surface area contributed by atoms with E-state index in [0.717, 1.165) is 23.4 Å². The summed E-state index contributed by atoms with van der Waals surface area (Å²) in [7, 11) is 3.33. The molecule has 7 heteroatoms. The van der Waals surface area contributed by atoms with E-state index in [-0.39, 0.29) is 24.9 Å². The van der Waals surface area contributed by atoms with Gasteiger partial charge in [0, 0.05) is 12.1 Å². The summed E-state index contributed by atoms with van der Waals surface area (Å²) in [4.78, 5) is 26.3. The summed E-state index contributed by atoms with van der Waals surface area (Å²) >= 11 is 0. The normalized spacial score (nSPS) is 13.4. The lowest BCUT2D eigenvalue weighted by atomic mass is 10.1. The van der Waals surface area contributed by atoms with Crippen LogP contribution in [0.25, 0.3) is 0 Å². The number of rotatable bonds is 7. The van der Waals surface area contributed by atoms with Crippen LogP contribution in [0, 0.1) is 0 Å². The minimum absolute atomic E-state index is 0.112. The number of nitrogens with one attached hydrogen (secondary N) is 1. The van der Waals surface area contributed by atoms with Gasteiger partial charge in [-0.05, 0) is 36.9 Å². The van der Waals surface area contributed by atoms with Crippen LogP contribution in [-0.2, 0) is 9.59 Å². The first-order valence-electron chi connectivity index (χ1n) is 9.11. The second-order valence-electron chi connectivity index (χ2n) is 6.63. The number of carbonyl (C=O) groups is 2. The van der Waals surface area contributed by atoms with Crippen LogP contribution in [0.3, 0.4) is 0 Å². The highest BCUT2D eigenvalue weighted by atomic mass is 16.5. The summed E-state index contributed by atoms with van der Waals surface area (Å²) in [5, 5.41) is 8.73. The molecule has 1 aliphatic heterocycles. The number of ether oxygens (including phenoxy) is 1. The molecule has 0 bridgehead atoms. The molecule has 28 heavy (non-hydrogen) atoms. The van der Waals surface area contributed by atoms with Gasteiger partial charge in [-0.25, -0.2) is 5.01 Å². The van der Waals surface area contributed by atoms with E-state index in [2.05, 4.69) is 10.4 Å². The highest BCUT2D eigenvalue weighted by Crippen LogP contribution is 2.15. The van der Waals surface area contributed by atoms with Gasteiger partial charge in [0.2, 0.25) is 5.91 Å². The third kappa shape index (κ3) is 5.17. The summed E-state index contributed by atoms with van der Waals surface area (Å²) in [6.07, 6.45) is 0.734. The van der Waals surface area contributed by atoms with E-state index in [4.69, 9.17) is 4.74 Å². The van der Waals surface area contributed by atoms with Crippen molar-refractivity contribution in [3.05, 3.63) is 60.2 Å². The Balaban J connectivity index is 1.48. The van der Waals surface area contributed by atoms with Crippen LogP contribution in [0.4, 0.5) is 5.69 Å². The Labute approximate surface area is 164 Å². The highest BCUT2D eigenvalue weighted by molar-refractivity contribution is 6.02. The lowest BCUT2D eigenvalue weighted by Gasteiger charge is -2.18. The Bertz CT molecular complexity index is 850. The minimum Gasteiger partial charge on any atom is -0.497 e. The Morgan fingerprint density at radius 3 is 2.50 bits per heavy atom. The number of amides is 2. The van der Waals surface area contributed by atoms with Crippen molar-refractivity contribution in [2.45, 2.75) is 6.42 Å². The van der Waals surface area contributed by atoms with Crippen molar-refractivity contribution in [3.8, 4) is 5.75 Å². The van der Waals surface area contributed by atoms with Crippen LogP contribution < -0.4 is 10.1 Å². The van der Waals surface area contributed by atoms with Crippen LogP contribution in [0.15, 0.2) is 59.7 Å². The predicted molar refractivity (Wildman–Crippen MR) is 108 cm³/mol. The zero-order valence-corrected chi connectivity index (χ0v) is 16.1. The molecule has 0 aromatic heterocycles. The van der Waals surface area contributed by atoms with Crippen molar-refractivity contribution in [3.63, 3.8) is 0 Å². The van der Waals surface area contributed by atoms with Crippen LogP contribution in [0.1, 0.15) is 12.0 Å². The van der Waals surface area contributed by atoms with Gasteiger partial charge >= 0.3 is 0 Å². The molecule has 2 amide bonds. The average molecular weight is 380 g/mol. The van der Waals surface area contributed by atoms with E-state index in [1.807, 2.05) is 30.3 Å². The molecule has 146 valence electrons. The molecule has 1 N–H and O–H groups in total. The first-order valence-corrected chi connectivity index (χ1v) is 9.11. The molecule has 0 aliphatic carbocycles. The number of nitrogens with zero attached hydrogens (tertiary/aromatic N) is 3. The van der Waals surface area contributed by atoms with Crippen LogP contribution in [-0.4, -0.2) is 61.2 Å². The summed E-state index contributed by atoms with van der Waals surface area (Å²) in [5.74, 6) is 0.419. The third-order valence-electron chi connectivity index (χ3n) is 4.39. The van der Waals surface area contributed by atoms with Gasteiger partial charge in [-0.3, -0.25) is 14.5 Å². The molecule has 0 radical (unpaired) electrons. The first kappa shape index (κ1) is 19.6. The molecule has 0 atom stereocenters. The van der Waals surface area contributed by atoms with Crippen molar-refractivity contribution < 1.29 is 14.3 Å². The predicted octanol–water partition coefficient (Wildman–Crippen LogP) is 2.20. The van der Waals surface area contributed by atoms with Crippen LogP contribution >= 0.6 is 0 Å². The van der Waals surface area contributed by atoms with Gasteiger partial charge in [0.25, 0.3) is 5.91 Å². The maximum Gasteiger partial charge on any atom is 0.256 e. The van der Waals surface area contributed by atoms with Crippen molar-refractivity contribution in [2.24, 2.45) is 5.10 Å². The molecule has 2 aromatic carbocycles. The third-order valence-corrected chi connectivity index (χ3v) is 4.39. The van der Waals surface area contributed by atoms with E-state index in [1.54, 1.807) is 43.3 Å². The van der Waals surface area contributed by atoms with Gasteiger partial charge in [-0.15, -0.1) is 0 Å². The Morgan fingerprint density at radius 1 is 1.11 bits per heavy atom. The number of hydrogen-bond donors (Lipinski definition) is 1. The maximum absolute atomic E-state index is 12.5. The highest BCUT2D eigenvalue weighted by Gasteiger charge is 2.22. The molecule has 3 rings (SSSR count). The summed E-state index contributed by atoms with van der Waals surface area (Å²) in [6, 6.07) is 16.9. The minimum atomic E-state index is -0.185. The van der Waals surface area contributed by atoms with E-state index >= 15 is 0 Å². The monoisotopic (exact) mass is 380 g/mol.